The minimum absolute atomic E-state index is 0.787. The van der Waals surface area contributed by atoms with Gasteiger partial charge in [0.1, 0.15) is 0 Å². The number of nitrogens with two attached hydrogens (primary N) is 2. The normalized spacial score (nSPS) is 13.1. The van der Waals surface area contributed by atoms with Gasteiger partial charge < -0.3 is 22.1 Å². The van der Waals surface area contributed by atoms with Crippen LogP contribution in [0.3, 0.4) is 0 Å². The van der Waals surface area contributed by atoms with Crippen molar-refractivity contribution in [3.63, 3.8) is 0 Å². The minimum Gasteiger partial charge on any atom is -0.401 e. The summed E-state index contributed by atoms with van der Waals surface area (Å²) in [5.41, 5.74) is 13.1. The van der Waals surface area contributed by atoms with Crippen molar-refractivity contribution in [2.24, 2.45) is 11.5 Å². The van der Waals surface area contributed by atoms with E-state index in [9.17, 15) is 0 Å². The fourth-order valence-electron chi connectivity index (χ4n) is 1.17. The van der Waals surface area contributed by atoms with E-state index in [4.69, 9.17) is 11.5 Å². The average Bonchev–Trinajstić information content (AvgIpc) is 2.31. The number of allylic oxidation sites excluding steroid dienone is 2. The first kappa shape index (κ1) is 15.0. The van der Waals surface area contributed by atoms with Crippen molar-refractivity contribution in [3.8, 4) is 0 Å². The fourth-order valence-corrected chi connectivity index (χ4v) is 1.17. The smallest absolute Gasteiger partial charge is 0.0348 e. The maximum absolute atomic E-state index is 5.65. The molecule has 0 aromatic heterocycles. The van der Waals surface area contributed by atoms with Gasteiger partial charge in [-0.25, -0.2) is 0 Å². The van der Waals surface area contributed by atoms with Crippen molar-refractivity contribution in [3.05, 3.63) is 23.5 Å². The Kier molecular flexibility index (Phi) is 9.86. The molecule has 4 heteroatoms. The van der Waals surface area contributed by atoms with Crippen LogP contribution in [-0.4, -0.2) is 26.2 Å². The SMILES string of the molecule is C/C=C(\N)CNCCCCNC/C(N)=C/C. The van der Waals surface area contributed by atoms with Crippen molar-refractivity contribution >= 4 is 0 Å². The summed E-state index contributed by atoms with van der Waals surface area (Å²) in [4.78, 5) is 0. The van der Waals surface area contributed by atoms with E-state index in [1.54, 1.807) is 0 Å². The van der Waals surface area contributed by atoms with Crippen molar-refractivity contribution < 1.29 is 0 Å². The van der Waals surface area contributed by atoms with Crippen LogP contribution in [-0.2, 0) is 0 Å². The third-order valence-electron chi connectivity index (χ3n) is 2.36. The Balaban J connectivity index is 3.16. The van der Waals surface area contributed by atoms with Gasteiger partial charge in [0.15, 0.2) is 0 Å². The summed E-state index contributed by atoms with van der Waals surface area (Å²) in [5.74, 6) is 0. The van der Waals surface area contributed by atoms with E-state index in [0.717, 1.165) is 50.4 Å². The maximum atomic E-state index is 5.65. The molecule has 0 atom stereocenters. The van der Waals surface area contributed by atoms with Gasteiger partial charge in [-0.15, -0.1) is 0 Å². The Bertz CT molecular complexity index is 197. The topological polar surface area (TPSA) is 76.1 Å². The summed E-state index contributed by atoms with van der Waals surface area (Å²) >= 11 is 0. The Morgan fingerprint density at radius 2 is 1.25 bits per heavy atom. The van der Waals surface area contributed by atoms with Crippen LogP contribution in [0, 0.1) is 0 Å². The van der Waals surface area contributed by atoms with E-state index in [1.165, 1.54) is 0 Å². The zero-order valence-electron chi connectivity index (χ0n) is 10.6. The van der Waals surface area contributed by atoms with E-state index in [-0.39, 0.29) is 0 Å². The standard InChI is InChI=1S/C12H26N4/c1-3-11(13)9-15-7-5-6-8-16-10-12(14)4-2/h3-4,15-16H,5-10,13-14H2,1-2H3/b11-3-,12-4-. The molecule has 0 spiro atoms. The molecule has 0 aliphatic carbocycles. The molecule has 94 valence electrons. The second-order valence-corrected chi connectivity index (χ2v) is 3.79. The molecular weight excluding hydrogens is 200 g/mol. The highest BCUT2D eigenvalue weighted by molar-refractivity contribution is 4.96. The first-order valence-electron chi connectivity index (χ1n) is 5.93. The summed E-state index contributed by atoms with van der Waals surface area (Å²) in [6.45, 7) is 7.49. The van der Waals surface area contributed by atoms with E-state index in [2.05, 4.69) is 10.6 Å². The lowest BCUT2D eigenvalue weighted by molar-refractivity contribution is 0.607. The predicted molar refractivity (Wildman–Crippen MR) is 70.9 cm³/mol. The monoisotopic (exact) mass is 226 g/mol. The van der Waals surface area contributed by atoms with Crippen molar-refractivity contribution in [1.82, 2.24) is 10.6 Å². The Morgan fingerprint density at radius 3 is 1.56 bits per heavy atom. The van der Waals surface area contributed by atoms with Crippen LogP contribution in [0.15, 0.2) is 23.5 Å². The summed E-state index contributed by atoms with van der Waals surface area (Å²) in [6.07, 6.45) is 6.16. The zero-order chi connectivity index (χ0) is 12.2. The van der Waals surface area contributed by atoms with Gasteiger partial charge in [-0.3, -0.25) is 0 Å². The molecule has 0 saturated heterocycles. The van der Waals surface area contributed by atoms with Crippen LogP contribution in [0.4, 0.5) is 0 Å². The quantitative estimate of drug-likeness (QED) is 0.436. The van der Waals surface area contributed by atoms with Crippen LogP contribution in [0.1, 0.15) is 26.7 Å². The zero-order valence-corrected chi connectivity index (χ0v) is 10.6. The third kappa shape index (κ3) is 9.55. The predicted octanol–water partition coefficient (Wildman–Crippen LogP) is 0.671. The highest BCUT2D eigenvalue weighted by atomic mass is 14.9. The number of hydrogen-bond donors (Lipinski definition) is 4. The highest BCUT2D eigenvalue weighted by Gasteiger charge is 1.91. The lowest BCUT2D eigenvalue weighted by Crippen LogP contribution is -2.24. The van der Waals surface area contributed by atoms with Crippen LogP contribution in [0.5, 0.6) is 0 Å². The van der Waals surface area contributed by atoms with Gasteiger partial charge in [-0.2, -0.15) is 0 Å². The molecular formula is C12H26N4. The first-order chi connectivity index (χ1) is 7.70. The Hall–Kier alpha value is -1.00. The van der Waals surface area contributed by atoms with Gasteiger partial charge >= 0.3 is 0 Å². The van der Waals surface area contributed by atoms with Gasteiger partial charge in [0.2, 0.25) is 0 Å². The summed E-state index contributed by atoms with van der Waals surface area (Å²) in [6, 6.07) is 0. The summed E-state index contributed by atoms with van der Waals surface area (Å²) in [7, 11) is 0. The molecule has 0 fully saturated rings. The van der Waals surface area contributed by atoms with Gasteiger partial charge in [0, 0.05) is 24.5 Å². The van der Waals surface area contributed by atoms with E-state index in [1.807, 2.05) is 26.0 Å². The number of hydrogen-bond acceptors (Lipinski definition) is 4. The molecule has 0 aliphatic rings. The largest absolute Gasteiger partial charge is 0.401 e. The minimum atomic E-state index is 0.787. The Morgan fingerprint density at radius 1 is 0.875 bits per heavy atom. The van der Waals surface area contributed by atoms with Gasteiger partial charge in [-0.05, 0) is 39.8 Å². The molecule has 0 rings (SSSR count). The second-order valence-electron chi connectivity index (χ2n) is 3.79. The molecule has 0 aromatic carbocycles. The van der Waals surface area contributed by atoms with Crippen LogP contribution < -0.4 is 22.1 Å². The van der Waals surface area contributed by atoms with Crippen LogP contribution in [0.2, 0.25) is 0 Å². The summed E-state index contributed by atoms with van der Waals surface area (Å²) < 4.78 is 0. The van der Waals surface area contributed by atoms with Crippen molar-refractivity contribution in [2.45, 2.75) is 26.7 Å². The lowest BCUT2D eigenvalue weighted by Gasteiger charge is -2.06. The molecule has 0 heterocycles. The number of rotatable bonds is 9. The van der Waals surface area contributed by atoms with E-state index in [0.29, 0.717) is 0 Å². The van der Waals surface area contributed by atoms with Crippen LogP contribution >= 0.6 is 0 Å². The van der Waals surface area contributed by atoms with E-state index < -0.39 is 0 Å². The first-order valence-corrected chi connectivity index (χ1v) is 5.93. The molecule has 4 nitrogen and oxygen atoms in total. The van der Waals surface area contributed by atoms with Gasteiger partial charge in [-0.1, -0.05) is 12.2 Å². The van der Waals surface area contributed by atoms with Crippen molar-refractivity contribution in [1.29, 1.82) is 0 Å². The Labute approximate surface area is 99.2 Å². The molecule has 0 saturated carbocycles. The molecule has 0 aromatic rings. The van der Waals surface area contributed by atoms with Gasteiger partial charge in [0.25, 0.3) is 0 Å². The second kappa shape index (κ2) is 10.5. The average molecular weight is 226 g/mol. The molecule has 0 aliphatic heterocycles. The van der Waals surface area contributed by atoms with Gasteiger partial charge in [0.05, 0.1) is 0 Å². The lowest BCUT2D eigenvalue weighted by atomic mass is 10.3. The van der Waals surface area contributed by atoms with E-state index >= 15 is 0 Å². The maximum Gasteiger partial charge on any atom is 0.0348 e. The highest BCUT2D eigenvalue weighted by Crippen LogP contribution is 1.87. The van der Waals surface area contributed by atoms with Crippen molar-refractivity contribution in [2.75, 3.05) is 26.2 Å². The molecule has 0 unspecified atom stereocenters. The molecule has 16 heavy (non-hydrogen) atoms. The third-order valence-corrected chi connectivity index (χ3v) is 2.36. The summed E-state index contributed by atoms with van der Waals surface area (Å²) in [5, 5.41) is 6.58. The van der Waals surface area contributed by atoms with Crippen LogP contribution in [0.25, 0.3) is 0 Å². The molecule has 0 radical (unpaired) electrons. The number of nitrogens with one attached hydrogen (secondary N) is 2. The molecule has 0 amide bonds. The number of unbranched alkanes of at least 4 members (excludes halogenated alkanes) is 1. The molecule has 0 bridgehead atoms. The fraction of sp³-hybridized carbons (Fsp3) is 0.667. The molecule has 6 N–H and O–H groups in total.